The SMILES string of the molecule is COCCn1c(SCc2cc(=O)[nH]c3ccccc23)nnc1-c1ccc(OC)cc1. The molecular weight excluding hydrogens is 400 g/mol. The largest absolute Gasteiger partial charge is 0.497 e. The van der Waals surface area contributed by atoms with Crippen molar-refractivity contribution in [2.45, 2.75) is 17.5 Å². The molecule has 0 aliphatic heterocycles. The Hall–Kier alpha value is -3.10. The minimum absolute atomic E-state index is 0.107. The molecule has 0 radical (unpaired) electrons. The van der Waals surface area contributed by atoms with Crippen LogP contribution in [0.2, 0.25) is 0 Å². The van der Waals surface area contributed by atoms with Gasteiger partial charge in [-0.3, -0.25) is 9.36 Å². The Morgan fingerprint density at radius 3 is 2.63 bits per heavy atom. The van der Waals surface area contributed by atoms with Crippen molar-refractivity contribution in [1.82, 2.24) is 19.7 Å². The molecule has 0 bridgehead atoms. The van der Waals surface area contributed by atoms with Gasteiger partial charge in [0.05, 0.1) is 20.3 Å². The quantitative estimate of drug-likeness (QED) is 0.436. The van der Waals surface area contributed by atoms with Crippen molar-refractivity contribution in [2.24, 2.45) is 0 Å². The molecule has 0 amide bonds. The van der Waals surface area contributed by atoms with E-state index in [2.05, 4.69) is 15.2 Å². The van der Waals surface area contributed by atoms with Gasteiger partial charge in [-0.05, 0) is 35.9 Å². The lowest BCUT2D eigenvalue weighted by Gasteiger charge is -2.11. The fourth-order valence-electron chi connectivity index (χ4n) is 3.27. The zero-order chi connectivity index (χ0) is 20.9. The molecule has 7 nitrogen and oxygen atoms in total. The number of rotatable bonds is 8. The molecule has 0 atom stereocenters. The summed E-state index contributed by atoms with van der Waals surface area (Å²) in [5.41, 5.74) is 2.64. The molecule has 8 heteroatoms. The normalized spacial score (nSPS) is 11.1. The molecule has 0 fully saturated rings. The lowest BCUT2D eigenvalue weighted by molar-refractivity contribution is 0.185. The minimum Gasteiger partial charge on any atom is -0.497 e. The fourth-order valence-corrected chi connectivity index (χ4v) is 4.23. The zero-order valence-electron chi connectivity index (χ0n) is 16.8. The summed E-state index contributed by atoms with van der Waals surface area (Å²) in [5, 5.41) is 10.6. The predicted octanol–water partition coefficient (Wildman–Crippen LogP) is 3.73. The van der Waals surface area contributed by atoms with E-state index in [9.17, 15) is 4.79 Å². The van der Waals surface area contributed by atoms with Gasteiger partial charge in [-0.2, -0.15) is 0 Å². The highest BCUT2D eigenvalue weighted by atomic mass is 32.2. The van der Waals surface area contributed by atoms with Crippen LogP contribution in [-0.2, 0) is 17.0 Å². The van der Waals surface area contributed by atoms with Crippen LogP contribution in [0.1, 0.15) is 5.56 Å². The number of H-pyrrole nitrogens is 1. The van der Waals surface area contributed by atoms with Crippen LogP contribution in [0.5, 0.6) is 5.75 Å². The highest BCUT2D eigenvalue weighted by Gasteiger charge is 2.15. The van der Waals surface area contributed by atoms with Crippen molar-refractivity contribution in [3.05, 3.63) is 70.5 Å². The number of pyridine rings is 1. The number of hydrogen-bond acceptors (Lipinski definition) is 6. The third kappa shape index (κ3) is 4.24. The number of fused-ring (bicyclic) bond motifs is 1. The topological polar surface area (TPSA) is 82.0 Å². The van der Waals surface area contributed by atoms with E-state index in [1.165, 1.54) is 0 Å². The number of nitrogens with zero attached hydrogens (tertiary/aromatic N) is 3. The summed E-state index contributed by atoms with van der Waals surface area (Å²) >= 11 is 1.55. The Kier molecular flexibility index (Phi) is 6.15. The van der Waals surface area contributed by atoms with Gasteiger partial charge in [0.1, 0.15) is 5.75 Å². The summed E-state index contributed by atoms with van der Waals surface area (Å²) < 4.78 is 12.6. The number of hydrogen-bond donors (Lipinski definition) is 1. The second kappa shape index (κ2) is 9.15. The maximum Gasteiger partial charge on any atom is 0.248 e. The zero-order valence-corrected chi connectivity index (χ0v) is 17.6. The average Bonchev–Trinajstić information content (AvgIpc) is 3.18. The number of thioether (sulfide) groups is 1. The summed E-state index contributed by atoms with van der Waals surface area (Å²) in [6, 6.07) is 17.2. The fraction of sp³-hybridized carbons (Fsp3) is 0.227. The van der Waals surface area contributed by atoms with Gasteiger partial charge in [-0.1, -0.05) is 30.0 Å². The number of aromatic nitrogens is 4. The second-order valence-electron chi connectivity index (χ2n) is 6.67. The summed E-state index contributed by atoms with van der Waals surface area (Å²) in [6.45, 7) is 1.17. The predicted molar refractivity (Wildman–Crippen MR) is 118 cm³/mol. The maximum atomic E-state index is 12.0. The Balaban J connectivity index is 1.64. The van der Waals surface area contributed by atoms with Crippen molar-refractivity contribution in [1.29, 1.82) is 0 Å². The van der Waals surface area contributed by atoms with Crippen LogP contribution in [0, 0.1) is 0 Å². The van der Waals surface area contributed by atoms with E-state index < -0.39 is 0 Å². The molecule has 30 heavy (non-hydrogen) atoms. The van der Waals surface area contributed by atoms with Crippen molar-refractivity contribution in [2.75, 3.05) is 20.8 Å². The highest BCUT2D eigenvalue weighted by molar-refractivity contribution is 7.98. The third-order valence-electron chi connectivity index (χ3n) is 4.78. The van der Waals surface area contributed by atoms with Crippen LogP contribution in [-0.4, -0.2) is 40.6 Å². The second-order valence-corrected chi connectivity index (χ2v) is 7.61. The first-order valence-corrected chi connectivity index (χ1v) is 10.5. The number of nitrogens with one attached hydrogen (secondary N) is 1. The maximum absolute atomic E-state index is 12.0. The smallest absolute Gasteiger partial charge is 0.248 e. The van der Waals surface area contributed by atoms with Crippen molar-refractivity contribution in [3.8, 4) is 17.1 Å². The van der Waals surface area contributed by atoms with Gasteiger partial charge in [0.15, 0.2) is 11.0 Å². The van der Waals surface area contributed by atoms with Gasteiger partial charge in [0, 0.05) is 35.4 Å². The van der Waals surface area contributed by atoms with Gasteiger partial charge in [-0.25, -0.2) is 0 Å². The molecule has 2 aromatic heterocycles. The van der Waals surface area contributed by atoms with Crippen LogP contribution in [0.25, 0.3) is 22.3 Å². The lowest BCUT2D eigenvalue weighted by Crippen LogP contribution is -2.08. The van der Waals surface area contributed by atoms with Gasteiger partial charge < -0.3 is 14.5 Å². The van der Waals surface area contributed by atoms with Crippen molar-refractivity contribution < 1.29 is 9.47 Å². The lowest BCUT2D eigenvalue weighted by atomic mass is 10.1. The molecule has 2 heterocycles. The Labute approximate surface area is 178 Å². The first-order valence-electron chi connectivity index (χ1n) is 9.50. The molecule has 0 aliphatic rings. The molecule has 154 valence electrons. The molecule has 2 aromatic carbocycles. The standard InChI is InChI=1S/C22H22N4O3S/c1-28-12-11-26-21(15-7-9-17(29-2)10-8-15)24-25-22(26)30-14-16-13-20(27)23-19-6-4-3-5-18(16)19/h3-10,13H,11-12,14H2,1-2H3,(H,23,27). The van der Waals surface area contributed by atoms with Crippen LogP contribution in [0.4, 0.5) is 0 Å². The molecule has 0 saturated carbocycles. The molecule has 0 aliphatic carbocycles. The van der Waals surface area contributed by atoms with Crippen molar-refractivity contribution >= 4 is 22.7 Å². The molecular formula is C22H22N4O3S. The molecule has 0 saturated heterocycles. The van der Waals surface area contributed by atoms with Gasteiger partial charge in [-0.15, -0.1) is 10.2 Å². The van der Waals surface area contributed by atoms with Gasteiger partial charge >= 0.3 is 0 Å². The Morgan fingerprint density at radius 2 is 1.87 bits per heavy atom. The third-order valence-corrected chi connectivity index (χ3v) is 5.79. The van der Waals surface area contributed by atoms with E-state index in [0.717, 1.165) is 38.8 Å². The number of methoxy groups -OCH3 is 2. The molecule has 1 N–H and O–H groups in total. The molecule has 0 spiro atoms. The number of para-hydroxylation sites is 1. The number of ether oxygens (including phenoxy) is 2. The van der Waals surface area contributed by atoms with E-state index in [0.29, 0.717) is 18.9 Å². The summed E-state index contributed by atoms with van der Waals surface area (Å²) in [7, 11) is 3.32. The van der Waals surface area contributed by atoms with Crippen LogP contribution in [0.15, 0.2) is 64.5 Å². The van der Waals surface area contributed by atoms with E-state index in [1.54, 1.807) is 32.0 Å². The minimum atomic E-state index is -0.107. The Morgan fingerprint density at radius 1 is 1.07 bits per heavy atom. The summed E-state index contributed by atoms with van der Waals surface area (Å²) in [6.07, 6.45) is 0. The van der Waals surface area contributed by atoms with E-state index in [4.69, 9.17) is 9.47 Å². The van der Waals surface area contributed by atoms with Crippen LogP contribution < -0.4 is 10.3 Å². The molecule has 0 unspecified atom stereocenters. The molecule has 4 aromatic rings. The number of benzene rings is 2. The van der Waals surface area contributed by atoms with Crippen LogP contribution >= 0.6 is 11.8 Å². The van der Waals surface area contributed by atoms with Gasteiger partial charge in [0.2, 0.25) is 5.56 Å². The first kappa shape index (κ1) is 20.2. The van der Waals surface area contributed by atoms with Gasteiger partial charge in [0.25, 0.3) is 0 Å². The van der Waals surface area contributed by atoms with Crippen molar-refractivity contribution in [3.63, 3.8) is 0 Å². The summed E-state index contributed by atoms with van der Waals surface area (Å²) in [4.78, 5) is 14.9. The van der Waals surface area contributed by atoms with E-state index in [-0.39, 0.29) is 5.56 Å². The highest BCUT2D eigenvalue weighted by Crippen LogP contribution is 2.29. The summed E-state index contributed by atoms with van der Waals surface area (Å²) in [5.74, 6) is 2.17. The monoisotopic (exact) mass is 422 g/mol. The Bertz CT molecular complexity index is 1200. The first-order chi connectivity index (χ1) is 14.7. The average molecular weight is 423 g/mol. The van der Waals surface area contributed by atoms with E-state index in [1.807, 2.05) is 53.1 Å². The van der Waals surface area contributed by atoms with Crippen LogP contribution in [0.3, 0.4) is 0 Å². The molecule has 4 rings (SSSR count). The number of aromatic amines is 1. The van der Waals surface area contributed by atoms with E-state index >= 15 is 0 Å².